The van der Waals surface area contributed by atoms with Gasteiger partial charge in [0.25, 0.3) is 0 Å². The third kappa shape index (κ3) is 12.0. The summed E-state index contributed by atoms with van der Waals surface area (Å²) in [5.74, 6) is 0. The van der Waals surface area contributed by atoms with Crippen LogP contribution in [0.25, 0.3) is 0 Å². The predicted octanol–water partition coefficient (Wildman–Crippen LogP) is 3.75. The molecular weight excluding hydrogens is 198 g/mol. The van der Waals surface area contributed by atoms with Crippen molar-refractivity contribution in [3.05, 3.63) is 0 Å². The van der Waals surface area contributed by atoms with Gasteiger partial charge < -0.3 is 10.1 Å². The van der Waals surface area contributed by atoms with E-state index in [4.69, 9.17) is 4.74 Å². The Labute approximate surface area is 102 Å². The predicted molar refractivity (Wildman–Crippen MR) is 72.0 cm³/mol. The van der Waals surface area contributed by atoms with Crippen molar-refractivity contribution in [2.75, 3.05) is 19.7 Å². The second-order valence-electron chi connectivity index (χ2n) is 4.59. The van der Waals surface area contributed by atoms with Crippen LogP contribution in [-0.2, 0) is 4.74 Å². The van der Waals surface area contributed by atoms with Gasteiger partial charge in [-0.2, -0.15) is 0 Å². The van der Waals surface area contributed by atoms with Crippen molar-refractivity contribution < 1.29 is 4.74 Å². The Morgan fingerprint density at radius 1 is 0.938 bits per heavy atom. The highest BCUT2D eigenvalue weighted by molar-refractivity contribution is 4.55. The fraction of sp³-hybridized carbons (Fsp3) is 1.00. The van der Waals surface area contributed by atoms with Crippen molar-refractivity contribution in [1.82, 2.24) is 5.32 Å². The van der Waals surface area contributed by atoms with E-state index in [1.165, 1.54) is 44.9 Å². The van der Waals surface area contributed by atoms with E-state index in [0.717, 1.165) is 19.7 Å². The van der Waals surface area contributed by atoms with E-state index < -0.39 is 0 Å². The molecule has 2 heteroatoms. The van der Waals surface area contributed by atoms with E-state index in [2.05, 4.69) is 19.2 Å². The molecule has 0 aromatic carbocycles. The van der Waals surface area contributed by atoms with Crippen LogP contribution in [0.5, 0.6) is 0 Å². The smallest absolute Gasteiger partial charge is 0.0671 e. The molecule has 0 aliphatic heterocycles. The molecule has 1 atom stereocenters. The summed E-state index contributed by atoms with van der Waals surface area (Å²) in [6.07, 6.45) is 10.0. The number of nitrogens with one attached hydrogen (secondary N) is 1. The van der Waals surface area contributed by atoms with Crippen LogP contribution in [0.1, 0.15) is 65.7 Å². The molecule has 2 nitrogen and oxygen atoms in total. The number of hydrogen-bond acceptors (Lipinski definition) is 2. The molecular formula is C14H31NO. The number of rotatable bonds is 12. The van der Waals surface area contributed by atoms with Gasteiger partial charge in [0, 0.05) is 13.2 Å². The van der Waals surface area contributed by atoms with Crippen LogP contribution in [0.15, 0.2) is 0 Å². The number of ether oxygens (including phenoxy) is 1. The largest absolute Gasteiger partial charge is 0.377 e. The van der Waals surface area contributed by atoms with Gasteiger partial charge in [0.2, 0.25) is 0 Å². The van der Waals surface area contributed by atoms with Crippen LogP contribution < -0.4 is 5.32 Å². The molecule has 1 unspecified atom stereocenters. The molecule has 0 saturated carbocycles. The zero-order valence-electron chi connectivity index (χ0n) is 11.6. The summed E-state index contributed by atoms with van der Waals surface area (Å²) in [6, 6.07) is 0. The van der Waals surface area contributed by atoms with Gasteiger partial charge in [-0.3, -0.25) is 0 Å². The minimum absolute atomic E-state index is 0.356. The molecule has 0 spiro atoms. The van der Waals surface area contributed by atoms with E-state index in [-0.39, 0.29) is 0 Å². The molecule has 0 amide bonds. The maximum atomic E-state index is 5.45. The standard InChI is InChI=1S/C14H31NO/c1-4-6-7-8-9-10-11-12-15-13-14(3)16-5-2/h14-15H,4-13H2,1-3H3. The Kier molecular flexibility index (Phi) is 12.9. The lowest BCUT2D eigenvalue weighted by molar-refractivity contribution is 0.0762. The van der Waals surface area contributed by atoms with E-state index in [9.17, 15) is 0 Å². The maximum absolute atomic E-state index is 5.45. The molecule has 0 aliphatic rings. The minimum atomic E-state index is 0.356. The zero-order valence-corrected chi connectivity index (χ0v) is 11.6. The quantitative estimate of drug-likeness (QED) is 0.515. The van der Waals surface area contributed by atoms with E-state index in [1.54, 1.807) is 0 Å². The molecule has 0 saturated heterocycles. The van der Waals surface area contributed by atoms with Crippen LogP contribution in [-0.4, -0.2) is 25.8 Å². The SMILES string of the molecule is CCCCCCCCCNCC(C)OCC. The summed E-state index contributed by atoms with van der Waals surface area (Å²) in [7, 11) is 0. The first kappa shape index (κ1) is 15.9. The fourth-order valence-electron chi connectivity index (χ4n) is 1.86. The Bertz CT molecular complexity index is 128. The zero-order chi connectivity index (χ0) is 12.1. The summed E-state index contributed by atoms with van der Waals surface area (Å²) in [5, 5.41) is 3.45. The number of unbranched alkanes of at least 4 members (excludes halogenated alkanes) is 6. The highest BCUT2D eigenvalue weighted by Crippen LogP contribution is 2.06. The van der Waals surface area contributed by atoms with Crippen LogP contribution in [0.3, 0.4) is 0 Å². The van der Waals surface area contributed by atoms with Crippen LogP contribution in [0.2, 0.25) is 0 Å². The van der Waals surface area contributed by atoms with Gasteiger partial charge in [0.15, 0.2) is 0 Å². The normalized spacial score (nSPS) is 12.9. The molecule has 98 valence electrons. The van der Waals surface area contributed by atoms with Crippen LogP contribution >= 0.6 is 0 Å². The molecule has 0 aliphatic carbocycles. The van der Waals surface area contributed by atoms with Gasteiger partial charge in [-0.15, -0.1) is 0 Å². The lowest BCUT2D eigenvalue weighted by Crippen LogP contribution is -2.27. The summed E-state index contributed by atoms with van der Waals surface area (Å²) < 4.78 is 5.45. The van der Waals surface area contributed by atoms with Gasteiger partial charge in [0.1, 0.15) is 0 Å². The molecule has 1 N–H and O–H groups in total. The molecule has 0 bridgehead atoms. The topological polar surface area (TPSA) is 21.3 Å². The molecule has 16 heavy (non-hydrogen) atoms. The second-order valence-corrected chi connectivity index (χ2v) is 4.59. The molecule has 0 heterocycles. The van der Waals surface area contributed by atoms with Gasteiger partial charge in [-0.25, -0.2) is 0 Å². The lowest BCUT2D eigenvalue weighted by Gasteiger charge is -2.12. The second kappa shape index (κ2) is 13.0. The monoisotopic (exact) mass is 229 g/mol. The van der Waals surface area contributed by atoms with Gasteiger partial charge in [-0.1, -0.05) is 45.4 Å². The summed E-state index contributed by atoms with van der Waals surface area (Å²) in [4.78, 5) is 0. The van der Waals surface area contributed by atoms with E-state index in [1.807, 2.05) is 6.92 Å². The molecule has 0 fully saturated rings. The summed E-state index contributed by atoms with van der Waals surface area (Å²) in [6.45, 7) is 9.40. The summed E-state index contributed by atoms with van der Waals surface area (Å²) in [5.41, 5.74) is 0. The van der Waals surface area contributed by atoms with Crippen molar-refractivity contribution >= 4 is 0 Å². The average molecular weight is 229 g/mol. The number of hydrogen-bond donors (Lipinski definition) is 1. The van der Waals surface area contributed by atoms with E-state index in [0.29, 0.717) is 6.10 Å². The maximum Gasteiger partial charge on any atom is 0.0671 e. The molecule has 0 radical (unpaired) electrons. The van der Waals surface area contributed by atoms with Crippen molar-refractivity contribution in [3.63, 3.8) is 0 Å². The average Bonchev–Trinajstić information content (AvgIpc) is 2.27. The van der Waals surface area contributed by atoms with Crippen LogP contribution in [0.4, 0.5) is 0 Å². The van der Waals surface area contributed by atoms with Gasteiger partial charge in [0.05, 0.1) is 6.10 Å². The Morgan fingerprint density at radius 2 is 1.56 bits per heavy atom. The first-order valence-corrected chi connectivity index (χ1v) is 7.13. The Morgan fingerprint density at radius 3 is 2.19 bits per heavy atom. The lowest BCUT2D eigenvalue weighted by atomic mass is 10.1. The minimum Gasteiger partial charge on any atom is -0.377 e. The Balaban J connectivity index is 2.98. The van der Waals surface area contributed by atoms with Gasteiger partial charge >= 0.3 is 0 Å². The third-order valence-corrected chi connectivity index (χ3v) is 2.84. The van der Waals surface area contributed by atoms with Crippen molar-refractivity contribution in [2.24, 2.45) is 0 Å². The molecule has 0 aromatic rings. The molecule has 0 aromatic heterocycles. The van der Waals surface area contributed by atoms with E-state index >= 15 is 0 Å². The first-order valence-electron chi connectivity index (χ1n) is 7.13. The molecule has 0 rings (SSSR count). The highest BCUT2D eigenvalue weighted by Gasteiger charge is 1.98. The van der Waals surface area contributed by atoms with Crippen molar-refractivity contribution in [2.45, 2.75) is 71.8 Å². The third-order valence-electron chi connectivity index (χ3n) is 2.84. The van der Waals surface area contributed by atoms with Crippen molar-refractivity contribution in [1.29, 1.82) is 0 Å². The highest BCUT2D eigenvalue weighted by atomic mass is 16.5. The summed E-state index contributed by atoms with van der Waals surface area (Å²) >= 11 is 0. The first-order chi connectivity index (χ1) is 7.81. The van der Waals surface area contributed by atoms with Crippen LogP contribution in [0, 0.1) is 0 Å². The van der Waals surface area contributed by atoms with Crippen molar-refractivity contribution in [3.8, 4) is 0 Å². The fourth-order valence-corrected chi connectivity index (χ4v) is 1.86. The van der Waals surface area contributed by atoms with Gasteiger partial charge in [-0.05, 0) is 26.8 Å². The Hall–Kier alpha value is -0.0800.